The zero-order chi connectivity index (χ0) is 21.7. The van der Waals surface area contributed by atoms with Crippen LogP contribution >= 0.6 is 0 Å². The molecule has 2 aromatic carbocycles. The predicted molar refractivity (Wildman–Crippen MR) is 122 cm³/mol. The third-order valence-electron chi connectivity index (χ3n) is 5.92. The lowest BCUT2D eigenvalue weighted by Crippen LogP contribution is -2.50. The zero-order valence-corrected chi connectivity index (χ0v) is 18.3. The largest absolute Gasteiger partial charge is 0.339 e. The molecular formula is C24H28N2O3S. The number of carbonyl (C=O) groups excluding carboxylic acids is 2. The van der Waals surface area contributed by atoms with Gasteiger partial charge in [-0.25, -0.2) is 0 Å². The fraction of sp³-hybridized carbons (Fsp3) is 0.333. The summed E-state index contributed by atoms with van der Waals surface area (Å²) in [6.07, 6.45) is 4.08. The van der Waals surface area contributed by atoms with Crippen LogP contribution in [0.2, 0.25) is 0 Å². The van der Waals surface area contributed by atoms with E-state index in [9.17, 15) is 13.8 Å². The van der Waals surface area contributed by atoms with Crippen LogP contribution in [0.5, 0.6) is 0 Å². The highest BCUT2D eigenvalue weighted by Gasteiger charge is 2.43. The number of carbonyl (C=O) groups is 2. The summed E-state index contributed by atoms with van der Waals surface area (Å²) in [7, 11) is -0.958. The number of benzene rings is 2. The second kappa shape index (κ2) is 9.39. The second-order valence-electron chi connectivity index (χ2n) is 7.74. The summed E-state index contributed by atoms with van der Waals surface area (Å²) < 4.78 is 11.7. The summed E-state index contributed by atoms with van der Waals surface area (Å²) in [5, 5.41) is 3.13. The molecule has 1 heterocycles. The average Bonchev–Trinajstić information content (AvgIpc) is 2.76. The first kappa shape index (κ1) is 22.0. The first-order valence-electron chi connectivity index (χ1n) is 10.0. The number of hydrogen-bond acceptors (Lipinski definition) is 3. The van der Waals surface area contributed by atoms with Gasteiger partial charge >= 0.3 is 0 Å². The smallest absolute Gasteiger partial charge is 0.245 e. The van der Waals surface area contributed by atoms with Crippen molar-refractivity contribution in [3.8, 4) is 0 Å². The van der Waals surface area contributed by atoms with Crippen LogP contribution in [0.25, 0.3) is 0 Å². The SMILES string of the molecule is C=CC(=O)N1CCC(C(=O)Nc2cccc(CS(C)=O)c2C)(c2ccccc2)CC1. The van der Waals surface area contributed by atoms with Crippen LogP contribution in [0.3, 0.4) is 0 Å². The summed E-state index contributed by atoms with van der Waals surface area (Å²) in [4.78, 5) is 27.4. The Morgan fingerprint density at radius 3 is 2.40 bits per heavy atom. The molecule has 0 bridgehead atoms. The summed E-state index contributed by atoms with van der Waals surface area (Å²) in [6.45, 7) is 6.51. The molecule has 1 atom stereocenters. The van der Waals surface area contributed by atoms with E-state index in [0.717, 1.165) is 22.4 Å². The van der Waals surface area contributed by atoms with Crippen molar-refractivity contribution in [1.29, 1.82) is 0 Å². The van der Waals surface area contributed by atoms with Crippen molar-refractivity contribution in [2.45, 2.75) is 30.9 Å². The van der Waals surface area contributed by atoms with Gasteiger partial charge in [0.1, 0.15) is 0 Å². The third-order valence-corrected chi connectivity index (χ3v) is 6.63. The van der Waals surface area contributed by atoms with E-state index in [0.29, 0.717) is 31.7 Å². The van der Waals surface area contributed by atoms with Crippen LogP contribution in [0.1, 0.15) is 29.5 Å². The van der Waals surface area contributed by atoms with Crippen molar-refractivity contribution >= 4 is 28.3 Å². The molecule has 1 aliphatic heterocycles. The predicted octanol–water partition coefficient (Wildman–Crippen LogP) is 3.56. The topological polar surface area (TPSA) is 66.5 Å². The van der Waals surface area contributed by atoms with Crippen molar-refractivity contribution in [3.63, 3.8) is 0 Å². The molecule has 1 N–H and O–H groups in total. The van der Waals surface area contributed by atoms with E-state index in [1.165, 1.54) is 6.08 Å². The number of likely N-dealkylation sites (tertiary alicyclic amines) is 1. The van der Waals surface area contributed by atoms with Crippen LogP contribution in [-0.2, 0) is 31.6 Å². The highest BCUT2D eigenvalue weighted by molar-refractivity contribution is 7.83. The summed E-state index contributed by atoms with van der Waals surface area (Å²) >= 11 is 0. The molecule has 6 heteroatoms. The molecular weight excluding hydrogens is 396 g/mol. The molecule has 158 valence electrons. The van der Waals surface area contributed by atoms with Gasteiger partial charge in [-0.2, -0.15) is 0 Å². The van der Waals surface area contributed by atoms with Gasteiger partial charge in [-0.15, -0.1) is 0 Å². The fourth-order valence-corrected chi connectivity index (χ4v) is 4.83. The van der Waals surface area contributed by atoms with Gasteiger partial charge in [0.25, 0.3) is 0 Å². The molecule has 1 unspecified atom stereocenters. The number of hydrogen-bond donors (Lipinski definition) is 1. The van der Waals surface area contributed by atoms with Crippen molar-refractivity contribution in [2.75, 3.05) is 24.7 Å². The van der Waals surface area contributed by atoms with E-state index < -0.39 is 16.2 Å². The molecule has 3 rings (SSSR count). The molecule has 2 amide bonds. The maximum atomic E-state index is 13.6. The van der Waals surface area contributed by atoms with Gasteiger partial charge in [-0.1, -0.05) is 49.0 Å². The molecule has 0 spiro atoms. The Labute approximate surface area is 180 Å². The third kappa shape index (κ3) is 4.54. The highest BCUT2D eigenvalue weighted by atomic mass is 32.2. The van der Waals surface area contributed by atoms with Gasteiger partial charge in [0, 0.05) is 41.6 Å². The Morgan fingerprint density at radius 1 is 1.13 bits per heavy atom. The lowest BCUT2D eigenvalue weighted by atomic mass is 9.72. The van der Waals surface area contributed by atoms with Crippen LogP contribution < -0.4 is 5.32 Å². The number of anilines is 1. The Hall–Kier alpha value is -2.73. The number of nitrogens with zero attached hydrogens (tertiary/aromatic N) is 1. The number of rotatable bonds is 6. The van der Waals surface area contributed by atoms with Crippen LogP contribution in [0.15, 0.2) is 61.2 Å². The zero-order valence-electron chi connectivity index (χ0n) is 17.5. The first-order chi connectivity index (χ1) is 14.4. The first-order valence-corrected chi connectivity index (χ1v) is 11.8. The van der Waals surface area contributed by atoms with E-state index in [-0.39, 0.29) is 11.8 Å². The molecule has 0 aromatic heterocycles. The molecule has 2 aromatic rings. The minimum Gasteiger partial charge on any atom is -0.339 e. The molecule has 0 saturated carbocycles. The normalized spacial score (nSPS) is 16.5. The molecule has 5 nitrogen and oxygen atoms in total. The number of piperidine rings is 1. The Bertz CT molecular complexity index is 964. The monoisotopic (exact) mass is 424 g/mol. The lowest BCUT2D eigenvalue weighted by molar-refractivity contribution is -0.131. The Morgan fingerprint density at radius 2 is 1.80 bits per heavy atom. The van der Waals surface area contributed by atoms with Gasteiger partial charge in [0.05, 0.1) is 5.41 Å². The van der Waals surface area contributed by atoms with E-state index in [1.807, 2.05) is 55.5 Å². The van der Waals surface area contributed by atoms with Crippen LogP contribution in [0, 0.1) is 6.92 Å². The summed E-state index contributed by atoms with van der Waals surface area (Å²) in [6, 6.07) is 15.5. The quantitative estimate of drug-likeness (QED) is 0.721. The van der Waals surface area contributed by atoms with Gasteiger partial charge in [0.2, 0.25) is 11.8 Å². The summed E-state index contributed by atoms with van der Waals surface area (Å²) in [5.74, 6) is 0.281. The average molecular weight is 425 g/mol. The standard InChI is InChI=1S/C24H28N2O3S/c1-4-22(27)26-15-13-24(14-16-26,20-10-6-5-7-11-20)23(28)25-21-12-8-9-19(18(21)2)17-30(3)29/h4-12H,1,13-17H2,2-3H3,(H,25,28). The Kier molecular flexibility index (Phi) is 6.87. The van der Waals surface area contributed by atoms with Crippen LogP contribution in [0.4, 0.5) is 5.69 Å². The van der Waals surface area contributed by atoms with Gasteiger partial charge in [-0.3, -0.25) is 13.8 Å². The van der Waals surface area contributed by atoms with Crippen molar-refractivity contribution in [3.05, 3.63) is 77.9 Å². The second-order valence-corrected chi connectivity index (χ2v) is 9.17. The highest BCUT2D eigenvalue weighted by Crippen LogP contribution is 2.37. The molecule has 30 heavy (non-hydrogen) atoms. The maximum absolute atomic E-state index is 13.6. The lowest BCUT2D eigenvalue weighted by Gasteiger charge is -2.41. The summed E-state index contributed by atoms with van der Waals surface area (Å²) in [5.41, 5.74) is 2.88. The van der Waals surface area contributed by atoms with Gasteiger partial charge in [0.15, 0.2) is 0 Å². The van der Waals surface area contributed by atoms with Crippen molar-refractivity contribution in [1.82, 2.24) is 4.90 Å². The molecule has 0 aliphatic carbocycles. The molecule has 1 aliphatic rings. The van der Waals surface area contributed by atoms with Gasteiger partial charge in [-0.05, 0) is 48.6 Å². The van der Waals surface area contributed by atoms with E-state index >= 15 is 0 Å². The number of nitrogens with one attached hydrogen (secondary N) is 1. The fourth-order valence-electron chi connectivity index (χ4n) is 4.08. The molecule has 0 radical (unpaired) electrons. The Balaban J connectivity index is 1.90. The minimum absolute atomic E-state index is 0.0720. The van der Waals surface area contributed by atoms with E-state index in [2.05, 4.69) is 11.9 Å². The molecule has 1 fully saturated rings. The maximum Gasteiger partial charge on any atom is 0.245 e. The van der Waals surface area contributed by atoms with E-state index in [1.54, 1.807) is 11.2 Å². The van der Waals surface area contributed by atoms with Gasteiger partial charge < -0.3 is 10.2 Å². The number of amides is 2. The van der Waals surface area contributed by atoms with Crippen molar-refractivity contribution in [2.24, 2.45) is 0 Å². The van der Waals surface area contributed by atoms with Crippen molar-refractivity contribution < 1.29 is 13.8 Å². The van der Waals surface area contributed by atoms with Crippen LogP contribution in [-0.4, -0.2) is 40.3 Å². The molecule has 1 saturated heterocycles. The van der Waals surface area contributed by atoms with E-state index in [4.69, 9.17) is 0 Å². The minimum atomic E-state index is -0.958.